The lowest BCUT2D eigenvalue weighted by molar-refractivity contribution is 0.113. The second kappa shape index (κ2) is 6.15. The Morgan fingerprint density at radius 1 is 1.15 bits per heavy atom. The average molecular weight is 275 g/mol. The Labute approximate surface area is 121 Å². The standard InChI is InChI=1S/C17H25NO2/c1-20-13-9-7-12-8-10-15(14(12)11-13)18-16-5-3-2-4-6-17(16)19/h7,9,11,15-19H,2-6,8,10H2,1H3. The van der Waals surface area contributed by atoms with Crippen molar-refractivity contribution in [3.8, 4) is 5.75 Å². The normalized spacial score (nSPS) is 29.8. The van der Waals surface area contributed by atoms with E-state index in [9.17, 15) is 5.11 Å². The van der Waals surface area contributed by atoms with Crippen molar-refractivity contribution in [2.75, 3.05) is 7.11 Å². The highest BCUT2D eigenvalue weighted by molar-refractivity contribution is 5.40. The van der Waals surface area contributed by atoms with E-state index in [0.29, 0.717) is 6.04 Å². The first kappa shape index (κ1) is 13.9. The van der Waals surface area contributed by atoms with Gasteiger partial charge in [-0.25, -0.2) is 0 Å². The van der Waals surface area contributed by atoms with Crippen molar-refractivity contribution in [1.29, 1.82) is 0 Å². The molecule has 1 aromatic rings. The van der Waals surface area contributed by atoms with Gasteiger partial charge in [0.05, 0.1) is 13.2 Å². The quantitative estimate of drug-likeness (QED) is 0.833. The predicted molar refractivity (Wildman–Crippen MR) is 80.1 cm³/mol. The molecule has 0 saturated heterocycles. The van der Waals surface area contributed by atoms with E-state index in [-0.39, 0.29) is 12.1 Å². The SMILES string of the molecule is COc1ccc2c(c1)C(NC1CCCCCC1O)CC2. The third-order valence-corrected chi connectivity index (χ3v) is 4.83. The number of fused-ring (bicyclic) bond motifs is 1. The minimum absolute atomic E-state index is 0.188. The number of aryl methyl sites for hydroxylation is 1. The lowest BCUT2D eigenvalue weighted by atomic mass is 10.0. The lowest BCUT2D eigenvalue weighted by Crippen LogP contribution is -2.40. The zero-order valence-electron chi connectivity index (χ0n) is 12.3. The van der Waals surface area contributed by atoms with Crippen molar-refractivity contribution in [2.24, 2.45) is 0 Å². The molecule has 0 heterocycles. The van der Waals surface area contributed by atoms with E-state index in [1.807, 2.05) is 6.07 Å². The molecule has 2 N–H and O–H groups in total. The monoisotopic (exact) mass is 275 g/mol. The first-order valence-electron chi connectivity index (χ1n) is 7.89. The zero-order chi connectivity index (χ0) is 13.9. The van der Waals surface area contributed by atoms with E-state index in [0.717, 1.165) is 37.9 Å². The van der Waals surface area contributed by atoms with E-state index in [2.05, 4.69) is 17.4 Å². The average Bonchev–Trinajstić information content (AvgIpc) is 2.75. The van der Waals surface area contributed by atoms with Crippen LogP contribution in [0.5, 0.6) is 5.75 Å². The van der Waals surface area contributed by atoms with Gasteiger partial charge in [-0.1, -0.05) is 25.3 Å². The van der Waals surface area contributed by atoms with E-state index in [1.165, 1.54) is 24.0 Å². The molecule has 3 rings (SSSR count). The molecule has 3 atom stereocenters. The van der Waals surface area contributed by atoms with Crippen molar-refractivity contribution in [2.45, 2.75) is 63.1 Å². The van der Waals surface area contributed by atoms with E-state index in [4.69, 9.17) is 4.74 Å². The Bertz CT molecular complexity index is 460. The highest BCUT2D eigenvalue weighted by atomic mass is 16.5. The van der Waals surface area contributed by atoms with Crippen LogP contribution in [0.1, 0.15) is 55.7 Å². The second-order valence-corrected chi connectivity index (χ2v) is 6.13. The maximum atomic E-state index is 10.3. The van der Waals surface area contributed by atoms with Gasteiger partial charge in [-0.2, -0.15) is 0 Å². The Morgan fingerprint density at radius 2 is 2.00 bits per heavy atom. The molecular weight excluding hydrogens is 250 g/mol. The molecule has 0 radical (unpaired) electrons. The van der Waals surface area contributed by atoms with Crippen LogP contribution in [0.4, 0.5) is 0 Å². The molecule has 3 heteroatoms. The fourth-order valence-corrected chi connectivity index (χ4v) is 3.62. The maximum Gasteiger partial charge on any atom is 0.119 e. The molecule has 1 aromatic carbocycles. The zero-order valence-corrected chi connectivity index (χ0v) is 12.3. The van der Waals surface area contributed by atoms with E-state index < -0.39 is 0 Å². The third kappa shape index (κ3) is 2.84. The molecular formula is C17H25NO2. The van der Waals surface area contributed by atoms with Gasteiger partial charge in [-0.3, -0.25) is 0 Å². The number of hydrogen-bond donors (Lipinski definition) is 2. The maximum absolute atomic E-state index is 10.3. The van der Waals surface area contributed by atoms with E-state index in [1.54, 1.807) is 7.11 Å². The summed E-state index contributed by atoms with van der Waals surface area (Å²) in [5.74, 6) is 0.930. The molecule has 0 bridgehead atoms. The largest absolute Gasteiger partial charge is 0.497 e. The first-order valence-corrected chi connectivity index (χ1v) is 7.89. The van der Waals surface area contributed by atoms with Crippen LogP contribution in [0.3, 0.4) is 0 Å². The smallest absolute Gasteiger partial charge is 0.119 e. The second-order valence-electron chi connectivity index (χ2n) is 6.13. The summed E-state index contributed by atoms with van der Waals surface area (Å²) >= 11 is 0. The molecule has 0 aromatic heterocycles. The third-order valence-electron chi connectivity index (χ3n) is 4.83. The molecule has 0 spiro atoms. The highest BCUT2D eigenvalue weighted by Gasteiger charge is 2.28. The van der Waals surface area contributed by atoms with E-state index >= 15 is 0 Å². The fraction of sp³-hybridized carbons (Fsp3) is 0.647. The molecule has 2 aliphatic rings. The number of aliphatic hydroxyl groups is 1. The minimum atomic E-state index is -0.188. The minimum Gasteiger partial charge on any atom is -0.497 e. The van der Waals surface area contributed by atoms with Crippen molar-refractivity contribution in [3.63, 3.8) is 0 Å². The molecule has 0 aliphatic heterocycles. The van der Waals surface area contributed by atoms with Gasteiger partial charge in [0.2, 0.25) is 0 Å². The van der Waals surface area contributed by atoms with Crippen LogP contribution in [0.2, 0.25) is 0 Å². The first-order chi connectivity index (χ1) is 9.78. The molecule has 1 saturated carbocycles. The summed E-state index contributed by atoms with van der Waals surface area (Å²) in [4.78, 5) is 0. The summed E-state index contributed by atoms with van der Waals surface area (Å²) in [6, 6.07) is 7.00. The number of aliphatic hydroxyl groups excluding tert-OH is 1. The van der Waals surface area contributed by atoms with Gasteiger partial charge in [0.25, 0.3) is 0 Å². The van der Waals surface area contributed by atoms with Gasteiger partial charge in [-0.15, -0.1) is 0 Å². The van der Waals surface area contributed by atoms with Crippen molar-refractivity contribution in [3.05, 3.63) is 29.3 Å². The summed E-state index contributed by atoms with van der Waals surface area (Å²) in [5, 5.41) is 14.0. The van der Waals surface area contributed by atoms with Crippen molar-refractivity contribution >= 4 is 0 Å². The molecule has 0 amide bonds. The van der Waals surface area contributed by atoms with Gasteiger partial charge < -0.3 is 15.2 Å². The number of hydrogen-bond acceptors (Lipinski definition) is 3. The van der Waals surface area contributed by atoms with Crippen LogP contribution in [-0.2, 0) is 6.42 Å². The number of methoxy groups -OCH3 is 1. The summed E-state index contributed by atoms with van der Waals surface area (Å²) in [6.45, 7) is 0. The predicted octanol–water partition coefficient (Wildman–Crippen LogP) is 2.97. The number of rotatable bonds is 3. The molecule has 3 nitrogen and oxygen atoms in total. The highest BCUT2D eigenvalue weighted by Crippen LogP contribution is 2.35. The summed E-state index contributed by atoms with van der Waals surface area (Å²) in [6.07, 6.45) is 7.75. The van der Waals surface area contributed by atoms with Crippen LogP contribution in [0, 0.1) is 0 Å². The van der Waals surface area contributed by atoms with Crippen LogP contribution in [0.25, 0.3) is 0 Å². The van der Waals surface area contributed by atoms with Crippen LogP contribution >= 0.6 is 0 Å². The molecule has 2 aliphatic carbocycles. The molecule has 3 unspecified atom stereocenters. The van der Waals surface area contributed by atoms with Crippen molar-refractivity contribution < 1.29 is 9.84 Å². The summed E-state index contributed by atoms with van der Waals surface area (Å²) < 4.78 is 5.34. The Balaban J connectivity index is 1.73. The Hall–Kier alpha value is -1.06. The summed E-state index contributed by atoms with van der Waals surface area (Å²) in [5.41, 5.74) is 2.78. The number of nitrogens with one attached hydrogen (secondary N) is 1. The van der Waals surface area contributed by atoms with Gasteiger partial charge in [0.1, 0.15) is 5.75 Å². The Morgan fingerprint density at radius 3 is 2.85 bits per heavy atom. The summed E-state index contributed by atoms with van der Waals surface area (Å²) in [7, 11) is 1.72. The van der Waals surface area contributed by atoms with Crippen LogP contribution in [0.15, 0.2) is 18.2 Å². The fourth-order valence-electron chi connectivity index (χ4n) is 3.62. The molecule has 110 valence electrons. The van der Waals surface area contributed by atoms with Crippen LogP contribution < -0.4 is 10.1 Å². The van der Waals surface area contributed by atoms with Crippen molar-refractivity contribution in [1.82, 2.24) is 5.32 Å². The Kier molecular flexibility index (Phi) is 4.27. The number of ether oxygens (including phenoxy) is 1. The lowest BCUT2D eigenvalue weighted by Gasteiger charge is -2.26. The van der Waals surface area contributed by atoms with Gasteiger partial charge >= 0.3 is 0 Å². The van der Waals surface area contributed by atoms with Gasteiger partial charge in [0, 0.05) is 12.1 Å². The molecule has 1 fully saturated rings. The van der Waals surface area contributed by atoms with Crippen LogP contribution in [-0.4, -0.2) is 24.4 Å². The number of benzene rings is 1. The molecule has 20 heavy (non-hydrogen) atoms. The topological polar surface area (TPSA) is 41.5 Å². The van der Waals surface area contributed by atoms with Gasteiger partial charge in [0.15, 0.2) is 0 Å². The van der Waals surface area contributed by atoms with Gasteiger partial charge in [-0.05, 0) is 48.9 Å².